The third kappa shape index (κ3) is 2.76. The van der Waals surface area contributed by atoms with Crippen molar-refractivity contribution in [2.45, 2.75) is 18.8 Å². The van der Waals surface area contributed by atoms with E-state index in [2.05, 4.69) is 33.5 Å². The Hall–Kier alpha value is -1.13. The molecule has 0 saturated heterocycles. The molecular weight excluding hydrogens is 236 g/mol. The van der Waals surface area contributed by atoms with Crippen LogP contribution < -0.4 is 0 Å². The molecule has 0 aliphatic rings. The van der Waals surface area contributed by atoms with Gasteiger partial charge >= 0.3 is 0 Å². The molecule has 0 N–H and O–H groups in total. The molecule has 0 bridgehead atoms. The average Bonchev–Trinajstić information content (AvgIpc) is 2.67. The van der Waals surface area contributed by atoms with E-state index in [0.29, 0.717) is 5.88 Å². The van der Waals surface area contributed by atoms with Gasteiger partial charge in [0.1, 0.15) is 11.3 Å². The smallest absolute Gasteiger partial charge is 0.160 e. The summed E-state index contributed by atoms with van der Waals surface area (Å²) in [6.45, 7) is 1.96. The molecule has 2 aromatic heterocycles. The zero-order chi connectivity index (χ0) is 12.3. The zero-order valence-corrected chi connectivity index (χ0v) is 11.0. The van der Waals surface area contributed by atoms with Gasteiger partial charge in [-0.15, -0.1) is 11.6 Å². The summed E-state index contributed by atoms with van der Waals surface area (Å²) in [4.78, 5) is 11.0. The number of aryl methyl sites for hydroxylation is 1. The van der Waals surface area contributed by atoms with Crippen molar-refractivity contribution in [2.75, 3.05) is 20.6 Å². The Morgan fingerprint density at radius 2 is 2.24 bits per heavy atom. The molecule has 0 atom stereocenters. The summed E-state index contributed by atoms with van der Waals surface area (Å²) in [5.41, 5.74) is 1.86. The van der Waals surface area contributed by atoms with Crippen LogP contribution in [0, 0.1) is 0 Å². The van der Waals surface area contributed by atoms with Crippen molar-refractivity contribution < 1.29 is 0 Å². The molecule has 0 fully saturated rings. The second-order valence-corrected chi connectivity index (χ2v) is 4.58. The molecule has 0 radical (unpaired) electrons. The number of fused-ring (bicyclic) bond motifs is 1. The largest absolute Gasteiger partial charge is 0.312 e. The first kappa shape index (κ1) is 12.3. The molecule has 0 amide bonds. The monoisotopic (exact) mass is 252 g/mol. The average molecular weight is 253 g/mol. The molecular formula is C12H17ClN4. The second kappa shape index (κ2) is 5.47. The van der Waals surface area contributed by atoms with Gasteiger partial charge in [0, 0.05) is 12.7 Å². The summed E-state index contributed by atoms with van der Waals surface area (Å²) >= 11 is 5.92. The van der Waals surface area contributed by atoms with Crippen LogP contribution in [-0.4, -0.2) is 40.1 Å². The van der Waals surface area contributed by atoms with Crippen LogP contribution in [0.15, 0.2) is 18.3 Å². The Morgan fingerprint density at radius 1 is 1.41 bits per heavy atom. The van der Waals surface area contributed by atoms with Crippen LogP contribution in [0.2, 0.25) is 0 Å². The fourth-order valence-electron chi connectivity index (χ4n) is 1.89. The standard InChI is InChI=1S/C12H17ClN4/c1-16(2)7-4-8-17-11(9-13)15-10-5-3-6-14-12(10)17/h3,5-6H,4,7-9H2,1-2H3. The maximum Gasteiger partial charge on any atom is 0.160 e. The molecule has 17 heavy (non-hydrogen) atoms. The number of aromatic nitrogens is 3. The molecule has 0 aliphatic carbocycles. The highest BCUT2D eigenvalue weighted by Crippen LogP contribution is 2.15. The lowest BCUT2D eigenvalue weighted by Crippen LogP contribution is -2.15. The maximum atomic E-state index is 5.92. The van der Waals surface area contributed by atoms with Crippen molar-refractivity contribution in [3.63, 3.8) is 0 Å². The zero-order valence-electron chi connectivity index (χ0n) is 10.2. The predicted octanol–water partition coefficient (Wildman–Crippen LogP) is 2.12. The normalized spacial score (nSPS) is 11.5. The summed E-state index contributed by atoms with van der Waals surface area (Å²) in [6, 6.07) is 3.87. The van der Waals surface area contributed by atoms with Crippen molar-refractivity contribution in [3.8, 4) is 0 Å². The van der Waals surface area contributed by atoms with Crippen molar-refractivity contribution in [3.05, 3.63) is 24.2 Å². The lowest BCUT2D eigenvalue weighted by atomic mass is 10.4. The first-order chi connectivity index (χ1) is 8.22. The maximum absolute atomic E-state index is 5.92. The number of rotatable bonds is 5. The quantitative estimate of drug-likeness (QED) is 0.765. The predicted molar refractivity (Wildman–Crippen MR) is 70.3 cm³/mol. The SMILES string of the molecule is CN(C)CCCn1c(CCl)nc2cccnc21. The molecule has 0 aliphatic heterocycles. The van der Waals surface area contributed by atoms with E-state index in [4.69, 9.17) is 11.6 Å². The highest BCUT2D eigenvalue weighted by atomic mass is 35.5. The molecule has 5 heteroatoms. The van der Waals surface area contributed by atoms with Crippen LogP contribution >= 0.6 is 11.6 Å². The molecule has 2 rings (SSSR count). The second-order valence-electron chi connectivity index (χ2n) is 4.32. The molecule has 0 saturated carbocycles. The minimum Gasteiger partial charge on any atom is -0.312 e. The number of hydrogen-bond donors (Lipinski definition) is 0. The number of nitrogens with zero attached hydrogens (tertiary/aromatic N) is 4. The molecule has 0 spiro atoms. The van der Waals surface area contributed by atoms with Crippen LogP contribution in [0.3, 0.4) is 0 Å². The molecule has 0 aromatic carbocycles. The van der Waals surface area contributed by atoms with Gasteiger partial charge in [-0.1, -0.05) is 0 Å². The van der Waals surface area contributed by atoms with Gasteiger partial charge in [0.05, 0.1) is 5.88 Å². The third-order valence-electron chi connectivity index (χ3n) is 2.69. The first-order valence-corrected chi connectivity index (χ1v) is 6.26. The lowest BCUT2D eigenvalue weighted by Gasteiger charge is -2.11. The van der Waals surface area contributed by atoms with Crippen molar-refractivity contribution >= 4 is 22.8 Å². The van der Waals surface area contributed by atoms with Gasteiger partial charge in [-0.2, -0.15) is 0 Å². The Kier molecular flexibility index (Phi) is 3.97. The van der Waals surface area contributed by atoms with Gasteiger partial charge in [-0.05, 0) is 39.2 Å². The van der Waals surface area contributed by atoms with E-state index in [1.54, 1.807) is 6.20 Å². The van der Waals surface area contributed by atoms with Crippen LogP contribution in [-0.2, 0) is 12.4 Å². The van der Waals surface area contributed by atoms with E-state index >= 15 is 0 Å². The van der Waals surface area contributed by atoms with Gasteiger partial charge in [0.2, 0.25) is 0 Å². The van der Waals surface area contributed by atoms with E-state index < -0.39 is 0 Å². The number of halogens is 1. The Labute approximate surface area is 106 Å². The van der Waals surface area contributed by atoms with Gasteiger partial charge in [0.25, 0.3) is 0 Å². The first-order valence-electron chi connectivity index (χ1n) is 5.73. The van der Waals surface area contributed by atoms with Gasteiger partial charge in [-0.3, -0.25) is 0 Å². The minimum atomic E-state index is 0.429. The topological polar surface area (TPSA) is 34.0 Å². The molecule has 2 aromatic rings. The van der Waals surface area contributed by atoms with E-state index in [1.165, 1.54) is 0 Å². The van der Waals surface area contributed by atoms with E-state index in [9.17, 15) is 0 Å². The van der Waals surface area contributed by atoms with Crippen LogP contribution in [0.1, 0.15) is 12.2 Å². The lowest BCUT2D eigenvalue weighted by molar-refractivity contribution is 0.386. The number of imidazole rings is 1. The van der Waals surface area contributed by atoms with Crippen LogP contribution in [0.5, 0.6) is 0 Å². The highest BCUT2D eigenvalue weighted by molar-refractivity contribution is 6.16. The molecule has 4 nitrogen and oxygen atoms in total. The summed E-state index contributed by atoms with van der Waals surface area (Å²) in [5, 5.41) is 0. The highest BCUT2D eigenvalue weighted by Gasteiger charge is 2.09. The Morgan fingerprint density at radius 3 is 2.94 bits per heavy atom. The molecule has 2 heterocycles. The molecule has 0 unspecified atom stereocenters. The number of alkyl halides is 1. The van der Waals surface area contributed by atoms with Crippen LogP contribution in [0.4, 0.5) is 0 Å². The summed E-state index contributed by atoms with van der Waals surface area (Å²) in [7, 11) is 4.15. The fraction of sp³-hybridized carbons (Fsp3) is 0.500. The van der Waals surface area contributed by atoms with Crippen LogP contribution in [0.25, 0.3) is 11.2 Å². The summed E-state index contributed by atoms with van der Waals surface area (Å²) in [5.74, 6) is 1.33. The van der Waals surface area contributed by atoms with Gasteiger partial charge < -0.3 is 9.47 Å². The van der Waals surface area contributed by atoms with E-state index in [0.717, 1.165) is 36.5 Å². The fourth-order valence-corrected chi connectivity index (χ4v) is 2.09. The summed E-state index contributed by atoms with van der Waals surface area (Å²) in [6.07, 6.45) is 2.86. The van der Waals surface area contributed by atoms with Gasteiger partial charge in [-0.25, -0.2) is 9.97 Å². The minimum absolute atomic E-state index is 0.429. The van der Waals surface area contributed by atoms with Crippen molar-refractivity contribution in [2.24, 2.45) is 0 Å². The van der Waals surface area contributed by atoms with E-state index in [-0.39, 0.29) is 0 Å². The van der Waals surface area contributed by atoms with Gasteiger partial charge in [0.15, 0.2) is 5.65 Å². The Bertz CT molecular complexity index is 492. The summed E-state index contributed by atoms with van der Waals surface area (Å²) < 4.78 is 2.12. The third-order valence-corrected chi connectivity index (χ3v) is 2.93. The van der Waals surface area contributed by atoms with Crippen molar-refractivity contribution in [1.29, 1.82) is 0 Å². The van der Waals surface area contributed by atoms with E-state index in [1.807, 2.05) is 12.1 Å². The van der Waals surface area contributed by atoms with Crippen molar-refractivity contribution in [1.82, 2.24) is 19.4 Å². The number of hydrogen-bond acceptors (Lipinski definition) is 3. The number of pyridine rings is 1. The molecule has 92 valence electrons. The Balaban J connectivity index is 2.24.